The first kappa shape index (κ1) is 18.2. The molecule has 0 fully saturated rings. The number of aromatic nitrogens is 3. The Labute approximate surface area is 156 Å². The number of rotatable bonds is 8. The summed E-state index contributed by atoms with van der Waals surface area (Å²) in [5.74, 6) is 0.538. The Bertz CT molecular complexity index is 824. The van der Waals surface area contributed by atoms with E-state index in [0.29, 0.717) is 36.3 Å². The van der Waals surface area contributed by atoms with E-state index in [1.165, 1.54) is 11.3 Å². The number of carbonyl (C=O) groups excluding carboxylic acids is 1. The fourth-order valence-corrected chi connectivity index (χ4v) is 3.00. The second kappa shape index (κ2) is 9.17. The van der Waals surface area contributed by atoms with Gasteiger partial charge in [0, 0.05) is 24.3 Å². The SMILES string of the molecule is CC(CNC(=O)c1csc(-c2ncccn2)n1)COCc1ccccc1. The van der Waals surface area contributed by atoms with Crippen molar-refractivity contribution in [1.82, 2.24) is 20.3 Å². The van der Waals surface area contributed by atoms with Crippen LogP contribution in [-0.4, -0.2) is 34.0 Å². The Hall–Kier alpha value is -2.64. The first-order valence-electron chi connectivity index (χ1n) is 8.35. The molecule has 1 atom stereocenters. The number of benzene rings is 1. The number of amides is 1. The van der Waals surface area contributed by atoms with Crippen molar-refractivity contribution in [1.29, 1.82) is 0 Å². The maximum absolute atomic E-state index is 12.2. The molecule has 0 spiro atoms. The molecule has 3 aromatic rings. The third kappa shape index (κ3) is 5.18. The van der Waals surface area contributed by atoms with Gasteiger partial charge in [-0.25, -0.2) is 15.0 Å². The maximum atomic E-state index is 12.2. The number of ether oxygens (including phenoxy) is 1. The summed E-state index contributed by atoms with van der Waals surface area (Å²) in [7, 11) is 0. The molecule has 1 aromatic carbocycles. The Morgan fingerprint density at radius 2 is 1.96 bits per heavy atom. The van der Waals surface area contributed by atoms with E-state index in [1.807, 2.05) is 37.3 Å². The van der Waals surface area contributed by atoms with Crippen LogP contribution >= 0.6 is 11.3 Å². The molecular formula is C19H20N4O2S. The van der Waals surface area contributed by atoms with Gasteiger partial charge in [-0.1, -0.05) is 37.3 Å². The lowest BCUT2D eigenvalue weighted by molar-refractivity contribution is 0.0841. The predicted molar refractivity (Wildman–Crippen MR) is 101 cm³/mol. The van der Waals surface area contributed by atoms with Gasteiger partial charge >= 0.3 is 0 Å². The fourth-order valence-electron chi connectivity index (χ4n) is 2.26. The van der Waals surface area contributed by atoms with Gasteiger partial charge in [0.15, 0.2) is 10.8 Å². The lowest BCUT2D eigenvalue weighted by atomic mass is 10.2. The van der Waals surface area contributed by atoms with Crippen molar-refractivity contribution in [3.8, 4) is 10.8 Å². The summed E-state index contributed by atoms with van der Waals surface area (Å²) in [6, 6.07) is 11.8. The van der Waals surface area contributed by atoms with E-state index in [-0.39, 0.29) is 11.8 Å². The molecule has 0 saturated carbocycles. The van der Waals surface area contributed by atoms with Crippen molar-refractivity contribution >= 4 is 17.2 Å². The molecule has 26 heavy (non-hydrogen) atoms. The molecule has 134 valence electrons. The summed E-state index contributed by atoms with van der Waals surface area (Å²) >= 11 is 1.36. The van der Waals surface area contributed by atoms with Crippen LogP contribution in [0.5, 0.6) is 0 Å². The van der Waals surface area contributed by atoms with Crippen molar-refractivity contribution in [2.75, 3.05) is 13.2 Å². The van der Waals surface area contributed by atoms with E-state index in [0.717, 1.165) is 5.56 Å². The predicted octanol–water partition coefficient (Wildman–Crippen LogP) is 3.18. The van der Waals surface area contributed by atoms with Crippen molar-refractivity contribution in [3.63, 3.8) is 0 Å². The zero-order valence-corrected chi connectivity index (χ0v) is 15.3. The van der Waals surface area contributed by atoms with Crippen LogP contribution < -0.4 is 5.32 Å². The third-order valence-electron chi connectivity index (χ3n) is 3.62. The monoisotopic (exact) mass is 368 g/mol. The minimum Gasteiger partial charge on any atom is -0.376 e. The van der Waals surface area contributed by atoms with E-state index in [1.54, 1.807) is 23.8 Å². The second-order valence-electron chi connectivity index (χ2n) is 5.93. The summed E-state index contributed by atoms with van der Waals surface area (Å²) in [4.78, 5) is 24.8. The van der Waals surface area contributed by atoms with Crippen molar-refractivity contribution in [2.45, 2.75) is 13.5 Å². The standard InChI is InChI=1S/C19H20N4O2S/c1-14(11-25-12-15-6-3-2-4-7-15)10-22-18(24)16-13-26-19(23-16)17-20-8-5-9-21-17/h2-9,13-14H,10-12H2,1H3,(H,22,24). The highest BCUT2D eigenvalue weighted by Crippen LogP contribution is 2.19. The zero-order chi connectivity index (χ0) is 18.2. The van der Waals surface area contributed by atoms with E-state index in [4.69, 9.17) is 4.74 Å². The van der Waals surface area contributed by atoms with Gasteiger partial charge in [0.2, 0.25) is 0 Å². The van der Waals surface area contributed by atoms with Gasteiger partial charge in [0.25, 0.3) is 5.91 Å². The third-order valence-corrected chi connectivity index (χ3v) is 4.46. The number of carbonyl (C=O) groups is 1. The number of hydrogen-bond acceptors (Lipinski definition) is 6. The Balaban J connectivity index is 1.43. The highest BCUT2D eigenvalue weighted by Gasteiger charge is 2.14. The molecule has 1 unspecified atom stereocenters. The van der Waals surface area contributed by atoms with Crippen LogP contribution in [0.25, 0.3) is 10.8 Å². The first-order chi connectivity index (χ1) is 12.7. The van der Waals surface area contributed by atoms with Gasteiger partial charge in [-0.2, -0.15) is 0 Å². The molecule has 0 aliphatic carbocycles. The summed E-state index contributed by atoms with van der Waals surface area (Å²) in [6.45, 7) is 3.72. The van der Waals surface area contributed by atoms with Gasteiger partial charge in [0.1, 0.15) is 5.69 Å². The molecule has 3 rings (SSSR count). The first-order valence-corrected chi connectivity index (χ1v) is 9.23. The minimum absolute atomic E-state index is 0.196. The molecule has 0 saturated heterocycles. The Morgan fingerprint density at radius 1 is 1.19 bits per heavy atom. The highest BCUT2D eigenvalue weighted by atomic mass is 32.1. The largest absolute Gasteiger partial charge is 0.376 e. The number of nitrogens with one attached hydrogen (secondary N) is 1. The molecular weight excluding hydrogens is 348 g/mol. The number of thiazole rings is 1. The second-order valence-corrected chi connectivity index (χ2v) is 6.78. The molecule has 1 amide bonds. The molecule has 0 aliphatic heterocycles. The van der Waals surface area contributed by atoms with Gasteiger partial charge < -0.3 is 10.1 Å². The molecule has 6 nitrogen and oxygen atoms in total. The molecule has 2 aromatic heterocycles. The fraction of sp³-hybridized carbons (Fsp3) is 0.263. The van der Waals surface area contributed by atoms with Gasteiger partial charge in [-0.3, -0.25) is 4.79 Å². The van der Waals surface area contributed by atoms with Gasteiger partial charge in [-0.15, -0.1) is 11.3 Å². The number of hydrogen-bond donors (Lipinski definition) is 1. The summed E-state index contributed by atoms with van der Waals surface area (Å²) in [5.41, 5.74) is 1.52. The van der Waals surface area contributed by atoms with Crippen LogP contribution in [-0.2, 0) is 11.3 Å². The van der Waals surface area contributed by atoms with Crippen molar-refractivity contribution in [3.05, 3.63) is 65.4 Å². The normalized spacial score (nSPS) is 11.9. The molecule has 1 N–H and O–H groups in total. The maximum Gasteiger partial charge on any atom is 0.270 e. The average Bonchev–Trinajstić information content (AvgIpc) is 3.18. The average molecular weight is 368 g/mol. The van der Waals surface area contributed by atoms with Crippen LogP contribution in [0.1, 0.15) is 23.0 Å². The lowest BCUT2D eigenvalue weighted by Gasteiger charge is -2.12. The molecule has 0 bridgehead atoms. The van der Waals surface area contributed by atoms with Crippen molar-refractivity contribution < 1.29 is 9.53 Å². The number of nitrogens with zero attached hydrogens (tertiary/aromatic N) is 3. The van der Waals surface area contributed by atoms with E-state index >= 15 is 0 Å². The topological polar surface area (TPSA) is 77.0 Å². The minimum atomic E-state index is -0.196. The quantitative estimate of drug-likeness (QED) is 0.661. The smallest absolute Gasteiger partial charge is 0.270 e. The van der Waals surface area contributed by atoms with E-state index in [9.17, 15) is 4.79 Å². The van der Waals surface area contributed by atoms with Crippen molar-refractivity contribution in [2.24, 2.45) is 5.92 Å². The van der Waals surface area contributed by atoms with Gasteiger partial charge in [-0.05, 0) is 17.5 Å². The van der Waals surface area contributed by atoms with Gasteiger partial charge in [0.05, 0.1) is 13.2 Å². The summed E-state index contributed by atoms with van der Waals surface area (Å²) < 4.78 is 5.70. The molecule has 0 radical (unpaired) electrons. The zero-order valence-electron chi connectivity index (χ0n) is 14.5. The van der Waals surface area contributed by atoms with E-state index in [2.05, 4.69) is 20.3 Å². The van der Waals surface area contributed by atoms with Crippen LogP contribution in [0.3, 0.4) is 0 Å². The van der Waals surface area contributed by atoms with Crippen LogP contribution in [0, 0.1) is 5.92 Å². The Morgan fingerprint density at radius 3 is 2.73 bits per heavy atom. The van der Waals surface area contributed by atoms with E-state index < -0.39 is 0 Å². The highest BCUT2D eigenvalue weighted by molar-refractivity contribution is 7.13. The van der Waals surface area contributed by atoms with Crippen LogP contribution in [0.4, 0.5) is 0 Å². The summed E-state index contributed by atoms with van der Waals surface area (Å²) in [6.07, 6.45) is 3.31. The molecule has 0 aliphatic rings. The lowest BCUT2D eigenvalue weighted by Crippen LogP contribution is -2.30. The Kier molecular flexibility index (Phi) is 6.40. The van der Waals surface area contributed by atoms with Crippen LogP contribution in [0.2, 0.25) is 0 Å². The summed E-state index contributed by atoms with van der Waals surface area (Å²) in [5, 5.41) is 5.25. The molecule has 2 heterocycles. The molecule has 7 heteroatoms. The van der Waals surface area contributed by atoms with Crippen LogP contribution in [0.15, 0.2) is 54.2 Å².